The number of aryl methyl sites for hydroxylation is 1. The van der Waals surface area contributed by atoms with E-state index in [1.807, 2.05) is 18.3 Å². The van der Waals surface area contributed by atoms with E-state index < -0.39 is 6.10 Å². The number of nitrogens with zero attached hydrogens (tertiary/aromatic N) is 3. The van der Waals surface area contributed by atoms with Crippen molar-refractivity contribution in [3.05, 3.63) is 46.2 Å². The number of H-pyrrole nitrogens is 1. The van der Waals surface area contributed by atoms with Gasteiger partial charge in [0, 0.05) is 13.3 Å². The maximum atomic E-state index is 9.92. The molecule has 184 valence electrons. The standard InChI is InChI=1S/C24H26ClN5O5/c1-32-6-2-3-12-7-13-4-5-15(19(13)26-9-12)27-22-14(25)8-16-23(29-22)30-24(28-16)35-18-11-34-20-17(31)10-33-21(18)20/h2-3,7-9,15,17-18,20-21,31H,4-6,10-11H2,1H3,(H2,27,28,29,30)/b3-2+/t15?,17-,18-,20-,21-/m1/s1. The predicted octanol–water partition coefficient (Wildman–Crippen LogP) is 2.67. The minimum atomic E-state index is -0.632. The Kier molecular flexibility index (Phi) is 6.07. The van der Waals surface area contributed by atoms with Crippen molar-refractivity contribution < 1.29 is 24.1 Å². The Balaban J connectivity index is 1.17. The van der Waals surface area contributed by atoms with Crippen molar-refractivity contribution in [1.82, 2.24) is 19.9 Å². The normalized spacial score (nSPS) is 27.6. The summed E-state index contributed by atoms with van der Waals surface area (Å²) in [7, 11) is 1.67. The topological polar surface area (TPSA) is 124 Å². The first-order valence-corrected chi connectivity index (χ1v) is 12.0. The first-order valence-electron chi connectivity index (χ1n) is 11.6. The van der Waals surface area contributed by atoms with Gasteiger partial charge in [-0.15, -0.1) is 0 Å². The summed E-state index contributed by atoms with van der Waals surface area (Å²) in [5.41, 5.74) is 4.42. The second-order valence-electron chi connectivity index (χ2n) is 8.96. The van der Waals surface area contributed by atoms with Crippen LogP contribution < -0.4 is 10.1 Å². The smallest absolute Gasteiger partial charge is 0.296 e. The number of hydrogen-bond donors (Lipinski definition) is 3. The molecule has 0 bridgehead atoms. The summed E-state index contributed by atoms with van der Waals surface area (Å²) >= 11 is 6.55. The molecular formula is C24H26ClN5O5. The molecule has 2 saturated heterocycles. The summed E-state index contributed by atoms with van der Waals surface area (Å²) in [5.74, 6) is 0.549. The highest BCUT2D eigenvalue weighted by molar-refractivity contribution is 6.33. The van der Waals surface area contributed by atoms with Gasteiger partial charge in [-0.1, -0.05) is 23.8 Å². The van der Waals surface area contributed by atoms with Gasteiger partial charge >= 0.3 is 0 Å². The molecule has 5 atom stereocenters. The number of aliphatic hydroxyl groups excluding tert-OH is 1. The fourth-order valence-electron chi connectivity index (χ4n) is 4.91. The SMILES string of the molecule is COC/C=C/c1cnc2c(c1)CCC2Nc1nc2nc(O[C@@H]3CO[C@H]4[C@@H]3OC[C@H]4O)[nH]c2cc1Cl. The molecule has 0 amide bonds. The van der Waals surface area contributed by atoms with E-state index in [-0.39, 0.29) is 31.0 Å². The Bertz CT molecular complexity index is 1270. The van der Waals surface area contributed by atoms with Gasteiger partial charge in [0.2, 0.25) is 0 Å². The second kappa shape index (κ2) is 9.36. The van der Waals surface area contributed by atoms with E-state index in [9.17, 15) is 5.11 Å². The molecule has 0 aromatic carbocycles. The van der Waals surface area contributed by atoms with Gasteiger partial charge in [0.25, 0.3) is 6.01 Å². The van der Waals surface area contributed by atoms with Crippen LogP contribution in [-0.2, 0) is 20.6 Å². The maximum Gasteiger partial charge on any atom is 0.296 e. The molecule has 3 aliphatic rings. The molecule has 0 saturated carbocycles. The third-order valence-electron chi connectivity index (χ3n) is 6.59. The van der Waals surface area contributed by atoms with Gasteiger partial charge in [0.1, 0.15) is 24.1 Å². The van der Waals surface area contributed by atoms with Gasteiger partial charge in [-0.25, -0.2) is 4.98 Å². The first kappa shape index (κ1) is 22.7. The van der Waals surface area contributed by atoms with Crippen LogP contribution in [0.25, 0.3) is 17.2 Å². The maximum absolute atomic E-state index is 9.92. The number of methoxy groups -OCH3 is 1. The van der Waals surface area contributed by atoms with Gasteiger partial charge in [0.15, 0.2) is 11.8 Å². The number of halogens is 1. The van der Waals surface area contributed by atoms with Crippen molar-refractivity contribution in [2.24, 2.45) is 0 Å². The fourth-order valence-corrected chi connectivity index (χ4v) is 5.11. The highest BCUT2D eigenvalue weighted by Gasteiger charge is 2.48. The Morgan fingerprint density at radius 3 is 3.03 bits per heavy atom. The molecule has 6 rings (SSSR count). The quantitative estimate of drug-likeness (QED) is 0.450. The van der Waals surface area contributed by atoms with Crippen LogP contribution in [0, 0.1) is 0 Å². The average molecular weight is 500 g/mol. The molecule has 3 aromatic rings. The van der Waals surface area contributed by atoms with Gasteiger partial charge < -0.3 is 34.4 Å². The molecule has 2 fully saturated rings. The Hall–Kier alpha value is -2.76. The molecule has 2 aliphatic heterocycles. The van der Waals surface area contributed by atoms with E-state index in [0.717, 1.165) is 24.1 Å². The molecule has 1 aliphatic carbocycles. The van der Waals surface area contributed by atoms with Gasteiger partial charge in [-0.05, 0) is 36.1 Å². The van der Waals surface area contributed by atoms with E-state index in [4.69, 9.17) is 35.5 Å². The number of ether oxygens (including phenoxy) is 4. The second-order valence-corrected chi connectivity index (χ2v) is 9.36. The van der Waals surface area contributed by atoms with Crippen LogP contribution in [0.1, 0.15) is 29.3 Å². The predicted molar refractivity (Wildman–Crippen MR) is 129 cm³/mol. The number of nitrogens with one attached hydrogen (secondary N) is 2. The van der Waals surface area contributed by atoms with Crippen LogP contribution in [-0.4, -0.2) is 76.4 Å². The van der Waals surface area contributed by atoms with Gasteiger partial charge in [0.05, 0.1) is 42.1 Å². The molecule has 11 heteroatoms. The van der Waals surface area contributed by atoms with Gasteiger partial charge in [-0.3, -0.25) is 4.98 Å². The van der Waals surface area contributed by atoms with Crippen molar-refractivity contribution in [3.63, 3.8) is 0 Å². The van der Waals surface area contributed by atoms with Crippen molar-refractivity contribution in [3.8, 4) is 6.01 Å². The van der Waals surface area contributed by atoms with Crippen LogP contribution in [0.3, 0.4) is 0 Å². The summed E-state index contributed by atoms with van der Waals surface area (Å²) in [6.07, 6.45) is 5.99. The van der Waals surface area contributed by atoms with E-state index in [1.54, 1.807) is 13.2 Å². The summed E-state index contributed by atoms with van der Waals surface area (Å²) in [4.78, 5) is 16.9. The highest BCUT2D eigenvalue weighted by Crippen LogP contribution is 2.36. The number of pyridine rings is 2. The summed E-state index contributed by atoms with van der Waals surface area (Å²) < 4.78 is 22.3. The number of aromatic amines is 1. The van der Waals surface area contributed by atoms with Crippen molar-refractivity contribution in [2.75, 3.05) is 32.2 Å². The van der Waals surface area contributed by atoms with E-state index >= 15 is 0 Å². The van der Waals surface area contributed by atoms with Crippen LogP contribution in [0.5, 0.6) is 6.01 Å². The number of aliphatic hydroxyl groups is 1. The number of fused-ring (bicyclic) bond motifs is 3. The Morgan fingerprint density at radius 1 is 1.26 bits per heavy atom. The third-order valence-corrected chi connectivity index (χ3v) is 6.88. The lowest BCUT2D eigenvalue weighted by Crippen LogP contribution is -2.34. The zero-order valence-electron chi connectivity index (χ0n) is 19.1. The molecule has 0 spiro atoms. The number of hydrogen-bond acceptors (Lipinski definition) is 9. The minimum absolute atomic E-state index is 0.0117. The van der Waals surface area contributed by atoms with E-state index in [1.165, 1.54) is 5.56 Å². The summed E-state index contributed by atoms with van der Waals surface area (Å²) in [6, 6.07) is 4.26. The van der Waals surface area contributed by atoms with Crippen LogP contribution in [0.2, 0.25) is 5.02 Å². The lowest BCUT2D eigenvalue weighted by atomic mass is 10.1. The molecule has 5 heterocycles. The number of rotatable bonds is 7. The van der Waals surface area contributed by atoms with E-state index in [0.29, 0.717) is 41.2 Å². The number of anilines is 1. The molecule has 10 nitrogen and oxygen atoms in total. The molecule has 0 radical (unpaired) electrons. The Morgan fingerprint density at radius 2 is 2.14 bits per heavy atom. The van der Waals surface area contributed by atoms with Crippen molar-refractivity contribution in [2.45, 2.75) is 43.3 Å². The lowest BCUT2D eigenvalue weighted by molar-refractivity contribution is 0.00706. The average Bonchev–Trinajstić information content (AvgIpc) is 3.61. The first-order chi connectivity index (χ1) is 17.1. The summed E-state index contributed by atoms with van der Waals surface area (Å²) in [6.45, 7) is 1.13. The Labute approximate surface area is 206 Å². The molecule has 3 N–H and O–H groups in total. The molecular weight excluding hydrogens is 474 g/mol. The monoisotopic (exact) mass is 499 g/mol. The zero-order valence-corrected chi connectivity index (χ0v) is 19.9. The molecule has 1 unspecified atom stereocenters. The van der Waals surface area contributed by atoms with E-state index in [2.05, 4.69) is 26.3 Å². The molecule has 35 heavy (non-hydrogen) atoms. The lowest BCUT2D eigenvalue weighted by Gasteiger charge is -2.15. The largest absolute Gasteiger partial charge is 0.456 e. The minimum Gasteiger partial charge on any atom is -0.456 e. The number of aromatic nitrogens is 4. The van der Waals surface area contributed by atoms with Gasteiger partial charge in [-0.2, -0.15) is 4.98 Å². The third kappa shape index (κ3) is 4.36. The van der Waals surface area contributed by atoms with Crippen LogP contribution in [0.4, 0.5) is 5.82 Å². The number of imidazole rings is 1. The summed E-state index contributed by atoms with van der Waals surface area (Å²) in [5, 5.41) is 13.8. The fraction of sp³-hybridized carbons (Fsp3) is 0.458. The van der Waals surface area contributed by atoms with Crippen molar-refractivity contribution >= 4 is 34.7 Å². The van der Waals surface area contributed by atoms with Crippen molar-refractivity contribution in [1.29, 1.82) is 0 Å². The van der Waals surface area contributed by atoms with Crippen LogP contribution in [0.15, 0.2) is 24.4 Å². The zero-order chi connectivity index (χ0) is 23.9. The van der Waals surface area contributed by atoms with Crippen LogP contribution >= 0.6 is 11.6 Å². The molecule has 3 aromatic heterocycles. The highest BCUT2D eigenvalue weighted by atomic mass is 35.5.